The predicted molar refractivity (Wildman–Crippen MR) is 96.9 cm³/mol. The Morgan fingerprint density at radius 1 is 1.28 bits per heavy atom. The Kier molecular flexibility index (Phi) is 6.87. The maximum Gasteiger partial charge on any atom is 0.237 e. The van der Waals surface area contributed by atoms with Gasteiger partial charge in [0.2, 0.25) is 11.8 Å². The normalized spacial score (nSPS) is 18.4. The number of nitrogens with one attached hydrogen (secondary N) is 1. The topological polar surface area (TPSA) is 78.4 Å². The van der Waals surface area contributed by atoms with Gasteiger partial charge in [-0.05, 0) is 47.1 Å². The van der Waals surface area contributed by atoms with Gasteiger partial charge in [-0.25, -0.2) is 4.98 Å². The largest absolute Gasteiger partial charge is 0.337 e. The third-order valence-corrected chi connectivity index (χ3v) is 4.45. The Morgan fingerprint density at radius 2 is 2.00 bits per heavy atom. The van der Waals surface area contributed by atoms with Crippen LogP contribution >= 0.6 is 0 Å². The number of amides is 2. The molecule has 25 heavy (non-hydrogen) atoms. The summed E-state index contributed by atoms with van der Waals surface area (Å²) in [4.78, 5) is 37.1. The van der Waals surface area contributed by atoms with Crippen LogP contribution in [0.1, 0.15) is 40.5 Å². The SMILES string of the molecule is CC(C)N(C(=O)CN1CCCC(C(=O)Nc2cnccn2)C1)C(C)C. The number of hydrogen-bond acceptors (Lipinski definition) is 5. The van der Waals surface area contributed by atoms with Gasteiger partial charge in [0.15, 0.2) is 5.82 Å². The molecule has 138 valence electrons. The zero-order chi connectivity index (χ0) is 18.4. The average molecular weight is 347 g/mol. The number of likely N-dealkylation sites (tertiary alicyclic amines) is 1. The van der Waals surface area contributed by atoms with Crippen LogP contribution in [-0.2, 0) is 9.59 Å². The molecule has 2 amide bonds. The second-order valence-corrected chi connectivity index (χ2v) is 7.14. The van der Waals surface area contributed by atoms with Gasteiger partial charge >= 0.3 is 0 Å². The summed E-state index contributed by atoms with van der Waals surface area (Å²) in [6, 6.07) is 0.348. The van der Waals surface area contributed by atoms with Gasteiger partial charge in [0.05, 0.1) is 18.7 Å². The average Bonchev–Trinajstić information content (AvgIpc) is 2.55. The molecule has 2 rings (SSSR count). The molecule has 0 radical (unpaired) electrons. The van der Waals surface area contributed by atoms with Crippen molar-refractivity contribution < 1.29 is 9.59 Å². The summed E-state index contributed by atoms with van der Waals surface area (Å²) in [7, 11) is 0. The van der Waals surface area contributed by atoms with E-state index in [2.05, 4.69) is 20.2 Å². The standard InChI is InChI=1S/C18H29N5O2/c1-13(2)23(14(3)4)17(24)12-22-9-5-6-15(11-22)18(25)21-16-10-19-7-8-20-16/h7-8,10,13-15H,5-6,9,11-12H2,1-4H3,(H,20,21,25). The Hall–Kier alpha value is -2.02. The minimum Gasteiger partial charge on any atom is -0.337 e. The summed E-state index contributed by atoms with van der Waals surface area (Å²) in [5.74, 6) is 0.406. The zero-order valence-electron chi connectivity index (χ0n) is 15.6. The highest BCUT2D eigenvalue weighted by Gasteiger charge is 2.29. The molecule has 1 atom stereocenters. The number of aromatic nitrogens is 2. The van der Waals surface area contributed by atoms with Gasteiger partial charge in [-0.1, -0.05) is 0 Å². The molecule has 1 aromatic rings. The van der Waals surface area contributed by atoms with Crippen LogP contribution in [0.5, 0.6) is 0 Å². The Morgan fingerprint density at radius 3 is 2.60 bits per heavy atom. The van der Waals surface area contributed by atoms with E-state index in [4.69, 9.17) is 0 Å². The van der Waals surface area contributed by atoms with E-state index in [1.165, 1.54) is 6.20 Å². The van der Waals surface area contributed by atoms with Crippen molar-refractivity contribution in [3.05, 3.63) is 18.6 Å². The van der Waals surface area contributed by atoms with Crippen molar-refractivity contribution in [3.8, 4) is 0 Å². The van der Waals surface area contributed by atoms with E-state index in [9.17, 15) is 9.59 Å². The Balaban J connectivity index is 1.91. The van der Waals surface area contributed by atoms with Crippen molar-refractivity contribution in [2.75, 3.05) is 25.0 Å². The van der Waals surface area contributed by atoms with Gasteiger partial charge in [0.1, 0.15) is 0 Å². The van der Waals surface area contributed by atoms with Crippen LogP contribution < -0.4 is 5.32 Å². The lowest BCUT2D eigenvalue weighted by Gasteiger charge is -2.36. The van der Waals surface area contributed by atoms with E-state index in [0.717, 1.165) is 19.4 Å². The highest BCUT2D eigenvalue weighted by atomic mass is 16.2. The first kappa shape index (κ1) is 19.3. The third kappa shape index (κ3) is 5.49. The molecule has 1 saturated heterocycles. The van der Waals surface area contributed by atoms with Crippen LogP contribution in [0.2, 0.25) is 0 Å². The molecular formula is C18H29N5O2. The molecule has 0 saturated carbocycles. The quantitative estimate of drug-likeness (QED) is 0.848. The highest BCUT2D eigenvalue weighted by Crippen LogP contribution is 2.18. The fourth-order valence-corrected chi connectivity index (χ4v) is 3.45. The molecule has 1 aliphatic heterocycles. The van der Waals surface area contributed by atoms with Crippen LogP contribution in [0.3, 0.4) is 0 Å². The minimum atomic E-state index is -0.130. The second-order valence-electron chi connectivity index (χ2n) is 7.14. The Labute approximate surface area is 149 Å². The van der Waals surface area contributed by atoms with E-state index >= 15 is 0 Å². The van der Waals surface area contributed by atoms with E-state index in [-0.39, 0.29) is 29.8 Å². The van der Waals surface area contributed by atoms with E-state index in [1.54, 1.807) is 12.4 Å². The van der Waals surface area contributed by atoms with Crippen molar-refractivity contribution in [3.63, 3.8) is 0 Å². The van der Waals surface area contributed by atoms with E-state index in [0.29, 0.717) is 18.9 Å². The molecule has 0 aromatic carbocycles. The summed E-state index contributed by atoms with van der Waals surface area (Å²) < 4.78 is 0. The summed E-state index contributed by atoms with van der Waals surface area (Å²) in [6.07, 6.45) is 6.39. The number of rotatable bonds is 6. The van der Waals surface area contributed by atoms with Gasteiger partial charge in [0.25, 0.3) is 0 Å². The number of carbonyl (C=O) groups excluding carboxylic acids is 2. The van der Waals surface area contributed by atoms with Crippen LogP contribution in [0.25, 0.3) is 0 Å². The first-order valence-corrected chi connectivity index (χ1v) is 8.99. The molecule has 0 bridgehead atoms. The van der Waals surface area contributed by atoms with Crippen LogP contribution in [0.15, 0.2) is 18.6 Å². The first-order valence-electron chi connectivity index (χ1n) is 8.99. The van der Waals surface area contributed by atoms with Crippen LogP contribution in [0.4, 0.5) is 5.82 Å². The molecule has 1 N–H and O–H groups in total. The molecule has 0 spiro atoms. The lowest BCUT2D eigenvalue weighted by Crippen LogP contribution is -2.50. The van der Waals surface area contributed by atoms with Gasteiger partial charge in [-0.2, -0.15) is 0 Å². The molecule has 7 heteroatoms. The molecular weight excluding hydrogens is 318 g/mol. The van der Waals surface area contributed by atoms with Gasteiger partial charge < -0.3 is 10.2 Å². The zero-order valence-corrected chi connectivity index (χ0v) is 15.6. The maximum absolute atomic E-state index is 12.6. The predicted octanol–water partition coefficient (Wildman–Crippen LogP) is 1.77. The summed E-state index contributed by atoms with van der Waals surface area (Å²) in [5, 5.41) is 2.81. The maximum atomic E-state index is 12.6. The molecule has 2 heterocycles. The fourth-order valence-electron chi connectivity index (χ4n) is 3.45. The molecule has 1 unspecified atom stereocenters. The van der Waals surface area contributed by atoms with E-state index in [1.807, 2.05) is 32.6 Å². The van der Waals surface area contributed by atoms with Crippen molar-refractivity contribution in [2.24, 2.45) is 5.92 Å². The van der Waals surface area contributed by atoms with Crippen molar-refractivity contribution in [1.29, 1.82) is 0 Å². The van der Waals surface area contributed by atoms with Crippen LogP contribution in [-0.4, -0.2) is 63.3 Å². The summed E-state index contributed by atoms with van der Waals surface area (Å²) in [6.45, 7) is 9.95. The summed E-state index contributed by atoms with van der Waals surface area (Å²) in [5.41, 5.74) is 0. The molecule has 0 aliphatic carbocycles. The number of nitrogens with zero attached hydrogens (tertiary/aromatic N) is 4. The van der Waals surface area contributed by atoms with Crippen molar-refractivity contribution in [2.45, 2.75) is 52.6 Å². The van der Waals surface area contributed by atoms with Gasteiger partial charge in [-0.3, -0.25) is 19.5 Å². The Bertz CT molecular complexity index is 568. The monoisotopic (exact) mass is 347 g/mol. The summed E-state index contributed by atoms with van der Waals surface area (Å²) >= 11 is 0. The van der Waals surface area contributed by atoms with Gasteiger partial charge in [-0.15, -0.1) is 0 Å². The molecule has 1 aliphatic rings. The number of piperidine rings is 1. The number of anilines is 1. The fraction of sp³-hybridized carbons (Fsp3) is 0.667. The first-order chi connectivity index (χ1) is 11.9. The molecule has 7 nitrogen and oxygen atoms in total. The van der Waals surface area contributed by atoms with E-state index < -0.39 is 0 Å². The smallest absolute Gasteiger partial charge is 0.237 e. The highest BCUT2D eigenvalue weighted by molar-refractivity contribution is 5.91. The molecule has 1 fully saturated rings. The minimum absolute atomic E-state index is 0.0535. The molecule has 1 aromatic heterocycles. The lowest BCUT2D eigenvalue weighted by atomic mass is 9.97. The van der Waals surface area contributed by atoms with Crippen molar-refractivity contribution in [1.82, 2.24) is 19.8 Å². The third-order valence-electron chi connectivity index (χ3n) is 4.45. The number of carbonyl (C=O) groups is 2. The van der Waals surface area contributed by atoms with Crippen molar-refractivity contribution >= 4 is 17.6 Å². The lowest BCUT2D eigenvalue weighted by molar-refractivity contribution is -0.137. The second kappa shape index (κ2) is 8.89. The van der Waals surface area contributed by atoms with Crippen LogP contribution in [0, 0.1) is 5.92 Å². The van der Waals surface area contributed by atoms with Gasteiger partial charge in [0, 0.05) is 31.0 Å². The number of hydrogen-bond donors (Lipinski definition) is 1.